The summed E-state index contributed by atoms with van der Waals surface area (Å²) in [5.74, 6) is 1.59. The number of aromatic nitrogens is 2. The molecule has 1 aliphatic rings. The maximum Gasteiger partial charge on any atom is 0.150 e. The zero-order chi connectivity index (χ0) is 13.0. The number of aryl methyl sites for hydroxylation is 2. The van der Waals surface area contributed by atoms with E-state index in [0.29, 0.717) is 18.6 Å². The molecule has 0 radical (unpaired) electrons. The van der Waals surface area contributed by atoms with E-state index < -0.39 is 0 Å². The van der Waals surface area contributed by atoms with Gasteiger partial charge in [-0.05, 0) is 26.7 Å². The Labute approximate surface area is 113 Å². The maximum absolute atomic E-state index is 5.68. The van der Waals surface area contributed by atoms with Gasteiger partial charge in [0.05, 0.1) is 24.1 Å². The second-order valence-corrected chi connectivity index (χ2v) is 5.04. The zero-order valence-corrected chi connectivity index (χ0v) is 11.8. The molecular weight excluding hydrogens is 250 g/mol. The number of anilines is 1. The third kappa shape index (κ3) is 3.33. The van der Waals surface area contributed by atoms with Gasteiger partial charge in [-0.25, -0.2) is 4.98 Å². The molecule has 100 valence electrons. The van der Waals surface area contributed by atoms with Gasteiger partial charge in [-0.1, -0.05) is 0 Å². The van der Waals surface area contributed by atoms with E-state index in [2.05, 4.69) is 14.9 Å². The second-order valence-electron chi connectivity index (χ2n) is 4.67. The average molecular weight is 270 g/mol. The van der Waals surface area contributed by atoms with E-state index in [-0.39, 0.29) is 0 Å². The molecule has 0 N–H and O–H groups in total. The van der Waals surface area contributed by atoms with Crippen LogP contribution in [0.3, 0.4) is 0 Å². The lowest BCUT2D eigenvalue weighted by molar-refractivity contribution is 0.0470. The normalized spacial score (nSPS) is 17.2. The van der Waals surface area contributed by atoms with Crippen molar-refractivity contribution in [1.29, 1.82) is 0 Å². The molecular formula is C13H20ClN3O. The summed E-state index contributed by atoms with van der Waals surface area (Å²) in [4.78, 5) is 11.3. The monoisotopic (exact) mass is 269 g/mol. The molecule has 1 fully saturated rings. The molecule has 5 heteroatoms. The van der Waals surface area contributed by atoms with E-state index in [4.69, 9.17) is 16.3 Å². The smallest absolute Gasteiger partial charge is 0.150 e. The van der Waals surface area contributed by atoms with Gasteiger partial charge in [0.2, 0.25) is 0 Å². The van der Waals surface area contributed by atoms with Crippen LogP contribution in [0.2, 0.25) is 0 Å². The first kappa shape index (κ1) is 13.6. The van der Waals surface area contributed by atoms with Crippen LogP contribution in [-0.2, 0) is 4.74 Å². The first-order valence-electron chi connectivity index (χ1n) is 6.43. The quantitative estimate of drug-likeness (QED) is 0.787. The number of halogens is 1. The van der Waals surface area contributed by atoms with Crippen molar-refractivity contribution in [2.24, 2.45) is 0 Å². The lowest BCUT2D eigenvalue weighted by Gasteiger charge is -2.33. The summed E-state index contributed by atoms with van der Waals surface area (Å²) in [6.45, 7) is 6.59. The molecule has 0 aromatic carbocycles. The molecule has 4 nitrogen and oxygen atoms in total. The van der Waals surface area contributed by atoms with Crippen molar-refractivity contribution in [3.05, 3.63) is 17.6 Å². The number of nitrogens with zero attached hydrogens (tertiary/aromatic N) is 3. The minimum absolute atomic E-state index is 0.345. The van der Waals surface area contributed by atoms with E-state index >= 15 is 0 Å². The maximum atomic E-state index is 5.68. The fraction of sp³-hybridized carbons (Fsp3) is 0.692. The third-order valence-electron chi connectivity index (χ3n) is 3.22. The highest BCUT2D eigenvalue weighted by atomic mass is 35.5. The molecule has 1 aliphatic heterocycles. The Kier molecular flexibility index (Phi) is 4.78. The molecule has 2 rings (SSSR count). The molecule has 0 unspecified atom stereocenters. The number of hydrogen-bond acceptors (Lipinski definition) is 4. The van der Waals surface area contributed by atoms with Crippen molar-refractivity contribution >= 4 is 17.4 Å². The van der Waals surface area contributed by atoms with Crippen molar-refractivity contribution < 1.29 is 4.74 Å². The topological polar surface area (TPSA) is 38.2 Å². The zero-order valence-electron chi connectivity index (χ0n) is 11.0. The number of rotatable bonds is 4. The summed E-state index contributed by atoms with van der Waals surface area (Å²) >= 11 is 5.63. The van der Waals surface area contributed by atoms with Crippen molar-refractivity contribution in [2.45, 2.75) is 32.8 Å². The van der Waals surface area contributed by atoms with Crippen molar-refractivity contribution in [1.82, 2.24) is 9.97 Å². The van der Waals surface area contributed by atoms with Gasteiger partial charge in [-0.3, -0.25) is 4.98 Å². The fourth-order valence-electron chi connectivity index (χ4n) is 2.27. The average Bonchev–Trinajstić information content (AvgIpc) is 2.40. The van der Waals surface area contributed by atoms with Gasteiger partial charge >= 0.3 is 0 Å². The van der Waals surface area contributed by atoms with E-state index in [1.165, 1.54) is 0 Å². The van der Waals surface area contributed by atoms with Gasteiger partial charge < -0.3 is 9.64 Å². The van der Waals surface area contributed by atoms with Gasteiger partial charge in [0, 0.05) is 25.2 Å². The second kappa shape index (κ2) is 6.34. The molecule has 0 atom stereocenters. The van der Waals surface area contributed by atoms with Crippen LogP contribution in [0.25, 0.3) is 0 Å². The molecule has 2 heterocycles. The highest BCUT2D eigenvalue weighted by Gasteiger charge is 2.21. The van der Waals surface area contributed by atoms with Crippen LogP contribution >= 0.6 is 11.6 Å². The predicted molar refractivity (Wildman–Crippen MR) is 73.4 cm³/mol. The SMILES string of the molecule is Cc1cnc(C)c(N2CCC(OCCCl)CC2)n1. The van der Waals surface area contributed by atoms with E-state index in [1.807, 2.05) is 20.0 Å². The Morgan fingerprint density at radius 2 is 2.11 bits per heavy atom. The molecule has 1 aromatic rings. The minimum atomic E-state index is 0.345. The lowest BCUT2D eigenvalue weighted by Crippen LogP contribution is -2.38. The molecule has 0 saturated carbocycles. The lowest BCUT2D eigenvalue weighted by atomic mass is 10.1. The van der Waals surface area contributed by atoms with Crippen LogP contribution in [-0.4, -0.2) is 41.6 Å². The highest BCUT2D eigenvalue weighted by Crippen LogP contribution is 2.21. The summed E-state index contributed by atoms with van der Waals surface area (Å²) in [6.07, 6.45) is 4.23. The van der Waals surface area contributed by atoms with E-state index in [0.717, 1.165) is 43.1 Å². The Morgan fingerprint density at radius 1 is 1.39 bits per heavy atom. The van der Waals surface area contributed by atoms with Gasteiger partial charge in [0.15, 0.2) is 0 Å². The first-order chi connectivity index (χ1) is 8.70. The van der Waals surface area contributed by atoms with Crippen LogP contribution in [0.1, 0.15) is 24.2 Å². The summed E-state index contributed by atoms with van der Waals surface area (Å²) in [5, 5.41) is 0. The Bertz CT molecular complexity index is 392. The standard InChI is InChI=1S/C13H20ClN3O/c1-10-9-15-11(2)13(16-10)17-6-3-12(4-7-17)18-8-5-14/h9,12H,3-8H2,1-2H3. The number of hydrogen-bond donors (Lipinski definition) is 0. The Hall–Kier alpha value is -0.870. The molecule has 0 bridgehead atoms. The first-order valence-corrected chi connectivity index (χ1v) is 6.97. The van der Waals surface area contributed by atoms with Crippen LogP contribution in [0.4, 0.5) is 5.82 Å². The Morgan fingerprint density at radius 3 is 2.78 bits per heavy atom. The van der Waals surface area contributed by atoms with Crippen LogP contribution < -0.4 is 4.90 Å². The van der Waals surface area contributed by atoms with Gasteiger partial charge in [0.1, 0.15) is 5.82 Å². The molecule has 0 spiro atoms. The highest BCUT2D eigenvalue weighted by molar-refractivity contribution is 6.17. The fourth-order valence-corrected chi connectivity index (χ4v) is 2.36. The summed E-state index contributed by atoms with van der Waals surface area (Å²) in [6, 6.07) is 0. The summed E-state index contributed by atoms with van der Waals surface area (Å²) < 4.78 is 5.68. The van der Waals surface area contributed by atoms with Crippen molar-refractivity contribution in [3.8, 4) is 0 Å². The predicted octanol–water partition coefficient (Wildman–Crippen LogP) is 2.32. The molecule has 0 aliphatic carbocycles. The van der Waals surface area contributed by atoms with E-state index in [1.54, 1.807) is 0 Å². The van der Waals surface area contributed by atoms with Crippen LogP contribution in [0, 0.1) is 13.8 Å². The molecule has 1 saturated heterocycles. The van der Waals surface area contributed by atoms with Gasteiger partial charge in [-0.2, -0.15) is 0 Å². The molecule has 1 aromatic heterocycles. The third-order valence-corrected chi connectivity index (χ3v) is 3.38. The summed E-state index contributed by atoms with van der Waals surface area (Å²) in [5.41, 5.74) is 1.97. The Balaban J connectivity index is 1.94. The molecule has 18 heavy (non-hydrogen) atoms. The minimum Gasteiger partial charge on any atom is -0.377 e. The van der Waals surface area contributed by atoms with Crippen LogP contribution in [0.5, 0.6) is 0 Å². The van der Waals surface area contributed by atoms with Crippen molar-refractivity contribution in [2.75, 3.05) is 30.5 Å². The van der Waals surface area contributed by atoms with Gasteiger partial charge in [0.25, 0.3) is 0 Å². The number of piperidine rings is 1. The largest absolute Gasteiger partial charge is 0.377 e. The van der Waals surface area contributed by atoms with E-state index in [9.17, 15) is 0 Å². The summed E-state index contributed by atoms with van der Waals surface area (Å²) in [7, 11) is 0. The van der Waals surface area contributed by atoms with Crippen LogP contribution in [0.15, 0.2) is 6.20 Å². The molecule has 0 amide bonds. The van der Waals surface area contributed by atoms with Crippen molar-refractivity contribution in [3.63, 3.8) is 0 Å². The number of alkyl halides is 1. The number of ether oxygens (including phenoxy) is 1. The van der Waals surface area contributed by atoms with Gasteiger partial charge in [-0.15, -0.1) is 11.6 Å².